The topological polar surface area (TPSA) is 48.0 Å². The van der Waals surface area contributed by atoms with Crippen molar-refractivity contribution in [1.29, 1.82) is 0 Å². The van der Waals surface area contributed by atoms with Crippen LogP contribution in [0.4, 0.5) is 0 Å². The van der Waals surface area contributed by atoms with Gasteiger partial charge >= 0.3 is 0 Å². The van der Waals surface area contributed by atoms with Crippen molar-refractivity contribution < 1.29 is 9.53 Å². The first-order valence-corrected chi connectivity index (χ1v) is 9.79. The molecule has 2 aliphatic heterocycles. The number of nitrogens with zero attached hydrogens (tertiary/aromatic N) is 3. The zero-order valence-corrected chi connectivity index (χ0v) is 16.0. The first kappa shape index (κ1) is 19.3. The molecule has 1 aromatic rings. The van der Waals surface area contributed by atoms with E-state index < -0.39 is 0 Å². The molecule has 2 aliphatic rings. The van der Waals surface area contributed by atoms with E-state index in [1.807, 2.05) is 18.2 Å². The highest BCUT2D eigenvalue weighted by molar-refractivity contribution is 5.94. The van der Waals surface area contributed by atoms with Crippen molar-refractivity contribution in [2.45, 2.75) is 13.0 Å². The molecule has 2 heterocycles. The van der Waals surface area contributed by atoms with Gasteiger partial charge in [0.1, 0.15) is 0 Å². The second kappa shape index (κ2) is 10.0. The maximum Gasteiger partial charge on any atom is 0.251 e. The molecule has 0 aliphatic carbocycles. The van der Waals surface area contributed by atoms with E-state index in [9.17, 15) is 4.79 Å². The summed E-state index contributed by atoms with van der Waals surface area (Å²) in [7, 11) is 2.17. The van der Waals surface area contributed by atoms with Crippen molar-refractivity contribution in [2.24, 2.45) is 0 Å². The van der Waals surface area contributed by atoms with E-state index >= 15 is 0 Å². The molecule has 1 aromatic carbocycles. The summed E-state index contributed by atoms with van der Waals surface area (Å²) in [4.78, 5) is 19.6. The SMILES string of the molecule is CN1CCN(CCCNC(=O)c2cccc(CN3CCOCC3)c2)CC1. The summed E-state index contributed by atoms with van der Waals surface area (Å²) in [6.45, 7) is 10.7. The molecule has 2 fully saturated rings. The van der Waals surface area contributed by atoms with Gasteiger partial charge in [-0.15, -0.1) is 0 Å². The molecule has 3 rings (SSSR count). The third-order valence-corrected chi connectivity index (χ3v) is 5.23. The number of nitrogens with one attached hydrogen (secondary N) is 1. The summed E-state index contributed by atoms with van der Waals surface area (Å²) in [5.41, 5.74) is 1.95. The number of hydrogen-bond donors (Lipinski definition) is 1. The number of hydrogen-bond acceptors (Lipinski definition) is 5. The Kier molecular flexibility index (Phi) is 7.43. The third kappa shape index (κ3) is 6.06. The van der Waals surface area contributed by atoms with Gasteiger partial charge in [0.05, 0.1) is 13.2 Å². The maximum atomic E-state index is 12.4. The van der Waals surface area contributed by atoms with Crippen molar-refractivity contribution in [3.63, 3.8) is 0 Å². The Balaban J connectivity index is 1.39. The fourth-order valence-electron chi connectivity index (χ4n) is 3.51. The van der Waals surface area contributed by atoms with Crippen molar-refractivity contribution >= 4 is 5.91 Å². The van der Waals surface area contributed by atoms with E-state index in [0.717, 1.165) is 84.1 Å². The van der Waals surface area contributed by atoms with Crippen LogP contribution in [0.3, 0.4) is 0 Å². The molecule has 0 radical (unpaired) electrons. The molecule has 0 bridgehead atoms. The lowest BCUT2D eigenvalue weighted by Crippen LogP contribution is -2.45. The fourth-order valence-corrected chi connectivity index (χ4v) is 3.51. The first-order chi connectivity index (χ1) is 12.7. The minimum absolute atomic E-state index is 0.0344. The molecule has 0 unspecified atom stereocenters. The van der Waals surface area contributed by atoms with Crippen LogP contribution in [0.25, 0.3) is 0 Å². The van der Waals surface area contributed by atoms with Crippen LogP contribution in [0.15, 0.2) is 24.3 Å². The Morgan fingerprint density at radius 1 is 1.08 bits per heavy atom. The predicted octanol–water partition coefficient (Wildman–Crippen LogP) is 0.886. The van der Waals surface area contributed by atoms with Crippen LogP contribution in [0.2, 0.25) is 0 Å². The molecule has 6 nitrogen and oxygen atoms in total. The summed E-state index contributed by atoms with van der Waals surface area (Å²) >= 11 is 0. The molecule has 6 heteroatoms. The summed E-state index contributed by atoms with van der Waals surface area (Å²) in [6, 6.07) is 8.00. The van der Waals surface area contributed by atoms with Gasteiger partial charge in [0.15, 0.2) is 0 Å². The summed E-state index contributed by atoms with van der Waals surface area (Å²) in [5.74, 6) is 0.0344. The van der Waals surface area contributed by atoms with Gasteiger partial charge in [-0.3, -0.25) is 9.69 Å². The van der Waals surface area contributed by atoms with Crippen molar-refractivity contribution in [1.82, 2.24) is 20.0 Å². The van der Waals surface area contributed by atoms with Gasteiger partial charge in [-0.25, -0.2) is 0 Å². The number of rotatable bonds is 7. The van der Waals surface area contributed by atoms with Gasteiger partial charge in [-0.1, -0.05) is 12.1 Å². The van der Waals surface area contributed by atoms with E-state index in [2.05, 4.69) is 33.1 Å². The standard InChI is InChI=1S/C20H32N4O2/c1-22-8-10-23(11-9-22)7-3-6-21-20(25)19-5-2-4-18(16-19)17-24-12-14-26-15-13-24/h2,4-5,16H,3,6-15,17H2,1H3,(H,21,25). The van der Waals surface area contributed by atoms with E-state index in [0.29, 0.717) is 0 Å². The van der Waals surface area contributed by atoms with Crippen molar-refractivity contribution in [3.05, 3.63) is 35.4 Å². The molecule has 0 atom stereocenters. The minimum Gasteiger partial charge on any atom is -0.379 e. The molecule has 144 valence electrons. The second-order valence-corrected chi connectivity index (χ2v) is 7.34. The van der Waals surface area contributed by atoms with Gasteiger partial charge in [0.2, 0.25) is 0 Å². The molecule has 1 amide bonds. The Hall–Kier alpha value is -1.47. The Bertz CT molecular complexity index is 567. The Morgan fingerprint density at radius 2 is 1.85 bits per heavy atom. The largest absolute Gasteiger partial charge is 0.379 e. The third-order valence-electron chi connectivity index (χ3n) is 5.23. The molecule has 0 saturated carbocycles. The van der Waals surface area contributed by atoms with Crippen LogP contribution < -0.4 is 5.32 Å². The van der Waals surface area contributed by atoms with Crippen LogP contribution in [0.1, 0.15) is 22.3 Å². The van der Waals surface area contributed by atoms with Gasteiger partial charge in [-0.05, 0) is 37.7 Å². The summed E-state index contributed by atoms with van der Waals surface area (Å²) in [6.07, 6.45) is 1.00. The highest BCUT2D eigenvalue weighted by atomic mass is 16.5. The van der Waals surface area contributed by atoms with Crippen LogP contribution >= 0.6 is 0 Å². The predicted molar refractivity (Wildman–Crippen MR) is 103 cm³/mol. The van der Waals surface area contributed by atoms with Gasteiger partial charge < -0.3 is 19.9 Å². The van der Waals surface area contributed by atoms with Crippen molar-refractivity contribution in [2.75, 3.05) is 72.6 Å². The first-order valence-electron chi connectivity index (χ1n) is 9.79. The average Bonchev–Trinajstić information content (AvgIpc) is 2.67. The zero-order chi connectivity index (χ0) is 18.2. The number of morpholine rings is 1. The normalized spacial score (nSPS) is 20.2. The average molecular weight is 361 g/mol. The maximum absolute atomic E-state index is 12.4. The molecule has 1 N–H and O–H groups in total. The van der Waals surface area contributed by atoms with Crippen molar-refractivity contribution in [3.8, 4) is 0 Å². The molecular formula is C20H32N4O2. The van der Waals surface area contributed by atoms with Crippen LogP contribution in [0.5, 0.6) is 0 Å². The smallest absolute Gasteiger partial charge is 0.251 e. The number of carbonyl (C=O) groups excluding carboxylic acids is 1. The number of likely N-dealkylation sites (N-methyl/N-ethyl adjacent to an activating group) is 1. The number of carbonyl (C=O) groups is 1. The lowest BCUT2D eigenvalue weighted by Gasteiger charge is -2.32. The van der Waals surface area contributed by atoms with Crippen LogP contribution in [-0.4, -0.2) is 93.2 Å². The number of amides is 1. The van der Waals surface area contributed by atoms with Gasteiger partial charge in [0.25, 0.3) is 5.91 Å². The van der Waals surface area contributed by atoms with Crippen LogP contribution in [-0.2, 0) is 11.3 Å². The zero-order valence-electron chi connectivity index (χ0n) is 16.0. The molecule has 0 spiro atoms. The van der Waals surface area contributed by atoms with E-state index in [1.54, 1.807) is 0 Å². The highest BCUT2D eigenvalue weighted by Crippen LogP contribution is 2.10. The quantitative estimate of drug-likeness (QED) is 0.732. The Labute approximate surface area is 157 Å². The molecular weight excluding hydrogens is 328 g/mol. The van der Waals surface area contributed by atoms with Gasteiger partial charge in [0, 0.05) is 57.9 Å². The molecule has 26 heavy (non-hydrogen) atoms. The Morgan fingerprint density at radius 3 is 2.62 bits per heavy atom. The number of benzene rings is 1. The molecule has 2 saturated heterocycles. The number of piperazine rings is 1. The fraction of sp³-hybridized carbons (Fsp3) is 0.650. The van der Waals surface area contributed by atoms with E-state index in [1.165, 1.54) is 5.56 Å². The number of ether oxygens (including phenoxy) is 1. The highest BCUT2D eigenvalue weighted by Gasteiger charge is 2.14. The summed E-state index contributed by atoms with van der Waals surface area (Å²) in [5, 5.41) is 3.07. The van der Waals surface area contributed by atoms with E-state index in [-0.39, 0.29) is 5.91 Å². The lowest BCUT2D eigenvalue weighted by molar-refractivity contribution is 0.0342. The van der Waals surface area contributed by atoms with E-state index in [4.69, 9.17) is 4.74 Å². The second-order valence-electron chi connectivity index (χ2n) is 7.34. The lowest BCUT2D eigenvalue weighted by atomic mass is 10.1. The summed E-state index contributed by atoms with van der Waals surface area (Å²) < 4.78 is 5.39. The minimum atomic E-state index is 0.0344. The monoisotopic (exact) mass is 360 g/mol. The van der Waals surface area contributed by atoms with Crippen LogP contribution in [0, 0.1) is 0 Å². The molecule has 0 aromatic heterocycles. The van der Waals surface area contributed by atoms with Gasteiger partial charge in [-0.2, -0.15) is 0 Å².